The van der Waals surface area contributed by atoms with Crippen molar-refractivity contribution in [3.63, 3.8) is 0 Å². The number of aromatic nitrogens is 4. The smallest absolute Gasteiger partial charge is 0.345 e. The molecule has 2 atom stereocenters. The zero-order chi connectivity index (χ0) is 46.1. The molecule has 1 N–H and O–H groups in total. The number of rotatable bonds is 9. The molecule has 1 fully saturated rings. The highest BCUT2D eigenvalue weighted by Gasteiger charge is 2.32. The molecule has 10 rings (SSSR count). The van der Waals surface area contributed by atoms with E-state index in [1.165, 1.54) is 29.8 Å². The normalized spacial score (nSPS) is 16.8. The number of nitrogens with zero attached hydrogens (tertiary/aromatic N) is 6. The SMILES string of the molecule is COc1ccccc1-c1nccc(COc2ccc3cc2C[C@@H](C(=O)O)Oc2ncnc4sc(-c5ccc(F)cc5)c(c24)-c2c(C)c(Cl)c(c(Cl)c2C)O[C@H](CN2CCN(C)CC2)CO3)n1. The van der Waals surface area contributed by atoms with Gasteiger partial charge in [-0.3, -0.25) is 4.90 Å². The van der Waals surface area contributed by atoms with Crippen LogP contribution in [0.1, 0.15) is 22.4 Å². The molecule has 3 aliphatic rings. The molecule has 0 radical (unpaired) electrons. The second kappa shape index (κ2) is 19.4. The fourth-order valence-electron chi connectivity index (χ4n) is 8.30. The standard InChI is InChI=1S/C49H45Cl2FN6O7S/c1-27-39-28(2)43(51)44(42(27)50)64-34(23-58-19-17-57(3)18-20-58)25-62-33-13-14-36(63-24-32-15-16-53-46(56-32)35-7-5-6-8-37(35)61-4)30(21-33)22-38(49(59)60)65-47-41-40(39)45(66-48(41)55-26-54-47)29-9-11-31(52)12-10-29/h5-16,21,26,34,38H,17-20,22-25H2,1-4H3,(H,59,60)/t34-,38+/m1/s1. The maximum absolute atomic E-state index is 14.4. The van der Waals surface area contributed by atoms with Gasteiger partial charge in [0.1, 0.15) is 53.5 Å². The van der Waals surface area contributed by atoms with Crippen LogP contribution in [0.4, 0.5) is 4.39 Å². The van der Waals surface area contributed by atoms with Crippen molar-refractivity contribution in [2.45, 2.75) is 39.1 Å². The molecule has 6 heterocycles. The number of hydrogen-bond acceptors (Lipinski definition) is 13. The summed E-state index contributed by atoms with van der Waals surface area (Å²) in [5.74, 6) is 0.626. The molecule has 0 saturated carbocycles. The van der Waals surface area contributed by atoms with Crippen molar-refractivity contribution in [2.75, 3.05) is 53.5 Å². The van der Waals surface area contributed by atoms with Gasteiger partial charge in [0.2, 0.25) is 12.0 Å². The lowest BCUT2D eigenvalue weighted by Crippen LogP contribution is -2.49. The molecule has 7 aromatic rings. The molecule has 4 aromatic carbocycles. The zero-order valence-electron chi connectivity index (χ0n) is 36.5. The number of likely N-dealkylation sites (N-methyl/N-ethyl adjacent to an activating group) is 1. The molecule has 1 saturated heterocycles. The number of methoxy groups -OCH3 is 1. The quantitative estimate of drug-likeness (QED) is 0.147. The molecule has 3 aromatic heterocycles. The van der Waals surface area contributed by atoms with Crippen LogP contribution in [-0.2, 0) is 17.8 Å². The summed E-state index contributed by atoms with van der Waals surface area (Å²) >= 11 is 16.0. The molecule has 0 spiro atoms. The maximum atomic E-state index is 14.4. The van der Waals surface area contributed by atoms with Gasteiger partial charge < -0.3 is 33.7 Å². The fraction of sp³-hybridized carbons (Fsp3) is 0.286. The van der Waals surface area contributed by atoms with Gasteiger partial charge >= 0.3 is 5.97 Å². The minimum Gasteiger partial charge on any atom is -0.496 e. The Balaban J connectivity index is 1.16. The van der Waals surface area contributed by atoms with Crippen LogP contribution in [0, 0.1) is 19.7 Å². The van der Waals surface area contributed by atoms with E-state index in [1.54, 1.807) is 49.7 Å². The van der Waals surface area contributed by atoms with E-state index in [9.17, 15) is 14.3 Å². The molecular formula is C49H45Cl2FN6O7S. The van der Waals surface area contributed by atoms with E-state index in [1.807, 2.05) is 38.1 Å². The number of para-hydroxylation sites is 1. The topological polar surface area (TPSA) is 141 Å². The van der Waals surface area contributed by atoms with Crippen molar-refractivity contribution in [2.24, 2.45) is 0 Å². The van der Waals surface area contributed by atoms with Crippen LogP contribution < -0.4 is 23.7 Å². The van der Waals surface area contributed by atoms with E-state index >= 15 is 0 Å². The van der Waals surface area contributed by atoms with Crippen LogP contribution in [-0.4, -0.2) is 107 Å². The van der Waals surface area contributed by atoms with Crippen molar-refractivity contribution in [3.8, 4) is 61.8 Å². The second-order valence-corrected chi connectivity index (χ2v) is 17.9. The third-order valence-corrected chi connectivity index (χ3v) is 13.9. The Morgan fingerprint density at radius 3 is 2.42 bits per heavy atom. The van der Waals surface area contributed by atoms with Gasteiger partial charge in [0.05, 0.1) is 33.8 Å². The van der Waals surface area contributed by atoms with Crippen LogP contribution in [0.25, 0.3) is 43.2 Å². The number of carbonyl (C=O) groups is 1. The number of carboxylic acid groups (broad SMARTS) is 1. The lowest BCUT2D eigenvalue weighted by atomic mass is 9.92. The van der Waals surface area contributed by atoms with Gasteiger partial charge in [0.25, 0.3) is 0 Å². The lowest BCUT2D eigenvalue weighted by Gasteiger charge is -2.35. The highest BCUT2D eigenvalue weighted by Crippen LogP contribution is 2.53. The van der Waals surface area contributed by atoms with Gasteiger partial charge in [-0.25, -0.2) is 29.1 Å². The van der Waals surface area contributed by atoms with Crippen molar-refractivity contribution in [3.05, 3.63) is 124 Å². The number of piperazine rings is 1. The summed E-state index contributed by atoms with van der Waals surface area (Å²) in [6.45, 7) is 7.86. The average Bonchev–Trinajstić information content (AvgIpc) is 3.71. The van der Waals surface area contributed by atoms with Gasteiger partial charge in [-0.15, -0.1) is 11.3 Å². The maximum Gasteiger partial charge on any atom is 0.345 e. The zero-order valence-corrected chi connectivity index (χ0v) is 38.8. The number of fused-ring (bicyclic) bond motifs is 7. The van der Waals surface area contributed by atoms with Crippen LogP contribution in [0.5, 0.6) is 28.9 Å². The molecule has 0 aliphatic carbocycles. The number of aliphatic carboxylic acids is 1. The highest BCUT2D eigenvalue weighted by molar-refractivity contribution is 7.22. The predicted molar refractivity (Wildman–Crippen MR) is 252 cm³/mol. The van der Waals surface area contributed by atoms with Crippen molar-refractivity contribution < 1.29 is 38.0 Å². The summed E-state index contributed by atoms with van der Waals surface area (Å²) in [6.07, 6.45) is 0.815. The van der Waals surface area contributed by atoms with Gasteiger partial charge in [0.15, 0.2) is 11.6 Å². The molecule has 17 heteroatoms. The number of ether oxygens (including phenoxy) is 5. The largest absolute Gasteiger partial charge is 0.496 e. The number of hydrogen-bond donors (Lipinski definition) is 1. The van der Waals surface area contributed by atoms with Crippen LogP contribution >= 0.6 is 34.5 Å². The molecular weight excluding hydrogens is 907 g/mol. The Bertz CT molecular complexity index is 2900. The Labute approximate surface area is 394 Å². The van der Waals surface area contributed by atoms with E-state index in [2.05, 4.69) is 31.8 Å². The fourth-order valence-corrected chi connectivity index (χ4v) is 9.96. The van der Waals surface area contributed by atoms with Gasteiger partial charge in [0, 0.05) is 61.3 Å². The summed E-state index contributed by atoms with van der Waals surface area (Å²) < 4.78 is 46.2. The lowest BCUT2D eigenvalue weighted by molar-refractivity contribution is -0.145. The monoisotopic (exact) mass is 950 g/mol. The number of carboxylic acids is 1. The number of benzene rings is 4. The van der Waals surface area contributed by atoms with E-state index in [4.69, 9.17) is 51.9 Å². The summed E-state index contributed by atoms with van der Waals surface area (Å²) in [6, 6.07) is 20.6. The molecule has 0 amide bonds. The Kier molecular flexibility index (Phi) is 13.2. The third kappa shape index (κ3) is 9.31. The first-order valence-electron chi connectivity index (χ1n) is 21.3. The van der Waals surface area contributed by atoms with Gasteiger partial charge in [-0.2, -0.15) is 0 Å². The summed E-state index contributed by atoms with van der Waals surface area (Å²) in [5.41, 5.74) is 5.05. The molecule has 3 aliphatic heterocycles. The van der Waals surface area contributed by atoms with Crippen molar-refractivity contribution >= 4 is 50.7 Å². The van der Waals surface area contributed by atoms with E-state index < -0.39 is 24.0 Å². The Hall–Kier alpha value is -6.10. The van der Waals surface area contributed by atoms with E-state index in [0.717, 1.165) is 31.7 Å². The Morgan fingerprint density at radius 2 is 1.68 bits per heavy atom. The average molecular weight is 952 g/mol. The van der Waals surface area contributed by atoms with Crippen molar-refractivity contribution in [1.82, 2.24) is 29.7 Å². The number of thiophene rings is 1. The minimum atomic E-state index is -1.47. The second-order valence-electron chi connectivity index (χ2n) is 16.2. The molecule has 4 bridgehead atoms. The summed E-state index contributed by atoms with van der Waals surface area (Å²) in [5, 5.41) is 11.9. The number of halogens is 3. The summed E-state index contributed by atoms with van der Waals surface area (Å²) in [7, 11) is 3.69. The first-order valence-corrected chi connectivity index (χ1v) is 22.9. The van der Waals surface area contributed by atoms with Crippen LogP contribution in [0.3, 0.4) is 0 Å². The van der Waals surface area contributed by atoms with E-state index in [0.29, 0.717) is 99.6 Å². The van der Waals surface area contributed by atoms with Crippen molar-refractivity contribution in [1.29, 1.82) is 0 Å². The Morgan fingerprint density at radius 1 is 0.924 bits per heavy atom. The highest BCUT2D eigenvalue weighted by atomic mass is 35.5. The minimum absolute atomic E-state index is 0.0228. The van der Waals surface area contributed by atoms with Crippen LogP contribution in [0.2, 0.25) is 10.0 Å². The third-order valence-electron chi connectivity index (χ3n) is 11.8. The first kappa shape index (κ1) is 45.1. The van der Waals surface area contributed by atoms with E-state index in [-0.39, 0.29) is 25.5 Å². The molecule has 340 valence electrons. The van der Waals surface area contributed by atoms with Gasteiger partial charge in [-0.1, -0.05) is 47.5 Å². The predicted octanol–water partition coefficient (Wildman–Crippen LogP) is 9.59. The summed E-state index contributed by atoms with van der Waals surface area (Å²) in [4.78, 5) is 37.5. The molecule has 13 nitrogen and oxygen atoms in total. The van der Waals surface area contributed by atoms with Crippen LogP contribution in [0.15, 0.2) is 85.3 Å². The molecule has 0 unspecified atom stereocenters. The first-order chi connectivity index (χ1) is 31.9. The molecule has 66 heavy (non-hydrogen) atoms. The van der Waals surface area contributed by atoms with Gasteiger partial charge in [-0.05, 0) is 91.7 Å².